The average Bonchev–Trinajstić information content (AvgIpc) is 3.30. The minimum absolute atomic E-state index is 0.0791. The molecule has 9 heteroatoms. The predicted molar refractivity (Wildman–Crippen MR) is 112 cm³/mol. The Bertz CT molecular complexity index is 984. The van der Waals surface area contributed by atoms with E-state index in [2.05, 4.69) is 23.8 Å². The molecule has 1 amide bonds. The van der Waals surface area contributed by atoms with Crippen LogP contribution < -0.4 is 0 Å². The zero-order valence-corrected chi connectivity index (χ0v) is 18.4. The second-order valence-electron chi connectivity index (χ2n) is 8.38. The minimum Gasteiger partial charge on any atom is -0.335 e. The van der Waals surface area contributed by atoms with Gasteiger partial charge in [-0.1, -0.05) is 13.8 Å². The summed E-state index contributed by atoms with van der Waals surface area (Å²) in [6.45, 7) is 9.97. The van der Waals surface area contributed by atoms with Crippen LogP contribution in [0.2, 0.25) is 0 Å². The van der Waals surface area contributed by atoms with Gasteiger partial charge in [0.25, 0.3) is 5.91 Å². The Hall–Kier alpha value is -1.45. The van der Waals surface area contributed by atoms with Crippen LogP contribution in [0.4, 0.5) is 0 Å². The summed E-state index contributed by atoms with van der Waals surface area (Å²) >= 11 is 1.53. The van der Waals surface area contributed by atoms with Gasteiger partial charge in [-0.25, -0.2) is 8.42 Å². The van der Waals surface area contributed by atoms with E-state index in [1.807, 2.05) is 22.6 Å². The number of hydrogen-bond donors (Lipinski definition) is 0. The molecular weight excluding hydrogens is 396 g/mol. The van der Waals surface area contributed by atoms with Crippen molar-refractivity contribution in [3.8, 4) is 0 Å². The Kier molecular flexibility index (Phi) is 5.26. The van der Waals surface area contributed by atoms with Crippen LogP contribution in [-0.4, -0.2) is 77.6 Å². The lowest BCUT2D eigenvalue weighted by atomic mass is 10.2. The van der Waals surface area contributed by atoms with Crippen LogP contribution >= 0.6 is 11.3 Å². The highest BCUT2D eigenvalue weighted by molar-refractivity contribution is 7.91. The van der Waals surface area contributed by atoms with E-state index < -0.39 is 9.84 Å². The summed E-state index contributed by atoms with van der Waals surface area (Å²) in [7, 11) is -2.87. The third-order valence-corrected chi connectivity index (χ3v) is 8.57. The van der Waals surface area contributed by atoms with Crippen molar-refractivity contribution in [1.82, 2.24) is 19.6 Å². The molecule has 2 aliphatic heterocycles. The van der Waals surface area contributed by atoms with Crippen LogP contribution in [0.15, 0.2) is 6.07 Å². The lowest BCUT2D eigenvalue weighted by Crippen LogP contribution is -2.52. The van der Waals surface area contributed by atoms with E-state index >= 15 is 0 Å². The van der Waals surface area contributed by atoms with Gasteiger partial charge in [-0.15, -0.1) is 11.3 Å². The average molecular weight is 425 g/mol. The molecule has 0 N–H and O–H groups in total. The molecule has 0 saturated carbocycles. The fraction of sp³-hybridized carbons (Fsp3) is 0.684. The maximum atomic E-state index is 13.0. The van der Waals surface area contributed by atoms with Crippen LogP contribution in [0.3, 0.4) is 0 Å². The van der Waals surface area contributed by atoms with E-state index in [9.17, 15) is 13.2 Å². The highest BCUT2D eigenvalue weighted by Crippen LogP contribution is 2.30. The van der Waals surface area contributed by atoms with Crippen LogP contribution in [0, 0.1) is 12.8 Å². The predicted octanol–water partition coefficient (Wildman–Crippen LogP) is 2.01. The molecule has 2 aliphatic rings. The molecule has 2 aromatic rings. The second kappa shape index (κ2) is 7.42. The zero-order chi connectivity index (χ0) is 20.1. The molecule has 1 unspecified atom stereocenters. The van der Waals surface area contributed by atoms with Gasteiger partial charge < -0.3 is 4.90 Å². The molecule has 4 heterocycles. The normalized spacial score (nSPS) is 23.1. The maximum absolute atomic E-state index is 13.0. The second-order valence-corrected chi connectivity index (χ2v) is 11.6. The third-order valence-electron chi connectivity index (χ3n) is 5.68. The van der Waals surface area contributed by atoms with Gasteiger partial charge in [0.05, 0.1) is 22.1 Å². The molecule has 0 aliphatic carbocycles. The number of amides is 1. The minimum atomic E-state index is -2.87. The van der Waals surface area contributed by atoms with Crippen molar-refractivity contribution in [3.05, 3.63) is 16.6 Å². The van der Waals surface area contributed by atoms with Crippen molar-refractivity contribution in [2.45, 2.75) is 39.8 Å². The standard InChI is InChI=1S/C19H28N4O3S2/c1-13(2)11-23-19-16(14(3)20-23)10-17(27-19)18(24)22-7-5-21(6-8-22)15-4-9-28(25,26)12-15/h10,13,15H,4-9,11-12H2,1-3H3. The largest absolute Gasteiger partial charge is 0.335 e. The number of thiophene rings is 1. The number of sulfone groups is 1. The molecule has 4 rings (SSSR count). The lowest BCUT2D eigenvalue weighted by molar-refractivity contribution is 0.0592. The number of rotatable bonds is 4. The number of nitrogens with zero attached hydrogens (tertiary/aromatic N) is 4. The van der Waals surface area contributed by atoms with Crippen LogP contribution in [-0.2, 0) is 16.4 Å². The quantitative estimate of drug-likeness (QED) is 0.750. The number of fused-ring (bicyclic) bond motifs is 1. The first-order chi connectivity index (χ1) is 13.2. The Balaban J connectivity index is 1.44. The molecule has 0 spiro atoms. The van der Waals surface area contributed by atoms with Gasteiger partial charge in [-0.3, -0.25) is 14.4 Å². The summed E-state index contributed by atoms with van der Waals surface area (Å²) in [5, 5.41) is 5.69. The molecule has 154 valence electrons. The fourth-order valence-corrected chi connectivity index (χ4v) is 7.10. The maximum Gasteiger partial charge on any atom is 0.264 e. The van der Waals surface area contributed by atoms with Gasteiger partial charge in [0.2, 0.25) is 0 Å². The molecule has 28 heavy (non-hydrogen) atoms. The first kappa shape index (κ1) is 19.8. The summed E-state index contributed by atoms with van der Waals surface area (Å²) in [6, 6.07) is 2.11. The molecular formula is C19H28N4O3S2. The van der Waals surface area contributed by atoms with Crippen molar-refractivity contribution in [3.63, 3.8) is 0 Å². The van der Waals surface area contributed by atoms with Crippen molar-refractivity contribution < 1.29 is 13.2 Å². The van der Waals surface area contributed by atoms with Gasteiger partial charge in [-0.2, -0.15) is 5.10 Å². The number of hydrogen-bond acceptors (Lipinski definition) is 6. The molecule has 7 nitrogen and oxygen atoms in total. The van der Waals surface area contributed by atoms with Crippen molar-refractivity contribution in [1.29, 1.82) is 0 Å². The summed E-state index contributed by atoms with van der Waals surface area (Å²) in [5.41, 5.74) is 0.971. The highest BCUT2D eigenvalue weighted by atomic mass is 32.2. The Labute approximate surface area is 170 Å². The van der Waals surface area contributed by atoms with E-state index in [1.165, 1.54) is 11.3 Å². The number of aromatic nitrogens is 2. The number of carbonyl (C=O) groups excluding carboxylic acids is 1. The van der Waals surface area contributed by atoms with Crippen molar-refractivity contribution in [2.24, 2.45) is 5.92 Å². The molecule has 0 bridgehead atoms. The van der Waals surface area contributed by atoms with Gasteiger partial charge >= 0.3 is 0 Å². The molecule has 0 radical (unpaired) electrons. The van der Waals surface area contributed by atoms with E-state index in [4.69, 9.17) is 0 Å². The SMILES string of the molecule is Cc1nn(CC(C)C)c2sc(C(=O)N3CCN(C4CCS(=O)(=O)C4)CC3)cc12. The van der Waals surface area contributed by atoms with Gasteiger partial charge in [0.15, 0.2) is 9.84 Å². The number of aryl methyl sites for hydroxylation is 1. The Morgan fingerprint density at radius 3 is 2.61 bits per heavy atom. The Morgan fingerprint density at radius 1 is 1.29 bits per heavy atom. The molecule has 0 aromatic carbocycles. The van der Waals surface area contributed by atoms with Crippen molar-refractivity contribution in [2.75, 3.05) is 37.7 Å². The third kappa shape index (κ3) is 3.84. The summed E-state index contributed by atoms with van der Waals surface area (Å²) < 4.78 is 25.5. The van der Waals surface area contributed by atoms with E-state index in [0.29, 0.717) is 24.8 Å². The van der Waals surface area contributed by atoms with Gasteiger partial charge in [0, 0.05) is 44.2 Å². The summed E-state index contributed by atoms with van der Waals surface area (Å²) in [6.07, 6.45) is 0.720. The number of carbonyl (C=O) groups is 1. The van der Waals surface area contributed by atoms with Crippen molar-refractivity contribution >= 4 is 37.3 Å². The highest BCUT2D eigenvalue weighted by Gasteiger charge is 2.34. The first-order valence-corrected chi connectivity index (χ1v) is 12.6. The fourth-order valence-electron chi connectivity index (χ4n) is 4.20. The smallest absolute Gasteiger partial charge is 0.264 e. The molecule has 1 atom stereocenters. The van der Waals surface area contributed by atoms with E-state index in [1.54, 1.807) is 0 Å². The van der Waals surface area contributed by atoms with Gasteiger partial charge in [0.1, 0.15) is 4.83 Å². The monoisotopic (exact) mass is 424 g/mol. The summed E-state index contributed by atoms with van der Waals surface area (Å²) in [5.74, 6) is 1.14. The Morgan fingerprint density at radius 2 is 2.00 bits per heavy atom. The first-order valence-electron chi connectivity index (χ1n) is 9.94. The lowest BCUT2D eigenvalue weighted by Gasteiger charge is -2.37. The van der Waals surface area contributed by atoms with Gasteiger partial charge in [-0.05, 0) is 25.3 Å². The van der Waals surface area contributed by atoms with Crippen LogP contribution in [0.1, 0.15) is 35.6 Å². The number of piperazine rings is 1. The molecule has 2 fully saturated rings. The zero-order valence-electron chi connectivity index (χ0n) is 16.7. The van der Waals surface area contributed by atoms with Crippen LogP contribution in [0.5, 0.6) is 0 Å². The molecule has 2 aromatic heterocycles. The van der Waals surface area contributed by atoms with E-state index in [-0.39, 0.29) is 17.7 Å². The summed E-state index contributed by atoms with van der Waals surface area (Å²) in [4.78, 5) is 19.0. The molecule has 2 saturated heterocycles. The van der Waals surface area contributed by atoms with Crippen LogP contribution in [0.25, 0.3) is 10.2 Å². The topological polar surface area (TPSA) is 75.5 Å². The van der Waals surface area contributed by atoms with E-state index in [0.717, 1.165) is 46.8 Å².